The highest BCUT2D eigenvalue weighted by atomic mass is 32.1. The Bertz CT molecular complexity index is 455. The average Bonchev–Trinajstić information content (AvgIpc) is 3.19. The molecule has 4 nitrogen and oxygen atoms in total. The summed E-state index contributed by atoms with van der Waals surface area (Å²) in [7, 11) is 4.43. The fourth-order valence-corrected chi connectivity index (χ4v) is 3.91. The lowest BCUT2D eigenvalue weighted by atomic mass is 10.1. The molecule has 1 atom stereocenters. The Morgan fingerprint density at radius 2 is 2.20 bits per heavy atom. The quantitative estimate of drug-likeness (QED) is 0.902. The van der Waals surface area contributed by atoms with Gasteiger partial charge in [-0.25, -0.2) is 4.98 Å². The number of hydrogen-bond donors (Lipinski definition) is 1. The van der Waals surface area contributed by atoms with Crippen LogP contribution < -0.4 is 10.2 Å². The molecule has 0 aromatic carbocycles. The van der Waals surface area contributed by atoms with Gasteiger partial charge in [-0.3, -0.25) is 0 Å². The third-order valence-electron chi connectivity index (χ3n) is 4.46. The number of likely N-dealkylation sites (tertiary alicyclic amines) is 1. The van der Waals surface area contributed by atoms with Gasteiger partial charge in [-0.15, -0.1) is 11.3 Å². The van der Waals surface area contributed by atoms with Gasteiger partial charge in [0.05, 0.1) is 5.69 Å². The first-order chi connectivity index (χ1) is 9.63. The Morgan fingerprint density at radius 1 is 1.40 bits per heavy atom. The van der Waals surface area contributed by atoms with E-state index in [0.29, 0.717) is 6.04 Å². The van der Waals surface area contributed by atoms with Crippen LogP contribution in [0.2, 0.25) is 0 Å². The van der Waals surface area contributed by atoms with E-state index in [-0.39, 0.29) is 0 Å². The predicted octanol–water partition coefficient (Wildman–Crippen LogP) is 2.23. The molecule has 0 radical (unpaired) electrons. The molecular formula is C15H26N4S. The van der Waals surface area contributed by atoms with Gasteiger partial charge >= 0.3 is 0 Å². The number of piperidine rings is 1. The molecule has 1 aromatic rings. The fraction of sp³-hybridized carbons (Fsp3) is 0.800. The van der Waals surface area contributed by atoms with Crippen molar-refractivity contribution in [3.05, 3.63) is 10.6 Å². The third-order valence-corrected chi connectivity index (χ3v) is 5.71. The monoisotopic (exact) mass is 294 g/mol. The van der Waals surface area contributed by atoms with E-state index < -0.39 is 0 Å². The summed E-state index contributed by atoms with van der Waals surface area (Å²) in [5, 5.41) is 4.79. The van der Waals surface area contributed by atoms with Gasteiger partial charge in [0.25, 0.3) is 0 Å². The van der Waals surface area contributed by atoms with Crippen molar-refractivity contribution in [2.24, 2.45) is 0 Å². The van der Waals surface area contributed by atoms with Gasteiger partial charge in [0.2, 0.25) is 0 Å². The Labute approximate surface area is 126 Å². The molecule has 5 heteroatoms. The molecule has 1 aliphatic heterocycles. The number of nitrogens with one attached hydrogen (secondary N) is 1. The minimum atomic E-state index is 0.614. The molecule has 1 aliphatic carbocycles. The molecule has 2 aliphatic rings. The maximum absolute atomic E-state index is 4.80. The van der Waals surface area contributed by atoms with E-state index in [0.717, 1.165) is 19.1 Å². The van der Waals surface area contributed by atoms with Crippen molar-refractivity contribution in [3.63, 3.8) is 0 Å². The minimum absolute atomic E-state index is 0.614. The maximum atomic E-state index is 4.80. The van der Waals surface area contributed by atoms with Crippen molar-refractivity contribution in [3.8, 4) is 0 Å². The Morgan fingerprint density at radius 3 is 2.90 bits per heavy atom. The van der Waals surface area contributed by atoms with Crippen LogP contribution in [0.25, 0.3) is 0 Å². The zero-order valence-electron chi connectivity index (χ0n) is 12.9. The SMILES string of the molecule is Cc1nc(N(C)C2CCCN(C)C2)sc1CNC1CC1. The van der Waals surface area contributed by atoms with Gasteiger partial charge in [0, 0.05) is 37.1 Å². The largest absolute Gasteiger partial charge is 0.347 e. The molecule has 112 valence electrons. The summed E-state index contributed by atoms with van der Waals surface area (Å²) in [5.74, 6) is 0. The number of anilines is 1. The van der Waals surface area contributed by atoms with Crippen LogP contribution in [0.15, 0.2) is 0 Å². The number of likely N-dealkylation sites (N-methyl/N-ethyl adjacent to an activating group) is 2. The zero-order chi connectivity index (χ0) is 14.1. The highest BCUT2D eigenvalue weighted by molar-refractivity contribution is 7.15. The van der Waals surface area contributed by atoms with E-state index in [1.54, 1.807) is 0 Å². The molecule has 1 unspecified atom stereocenters. The summed E-state index contributed by atoms with van der Waals surface area (Å²) in [6.45, 7) is 5.53. The number of nitrogens with zero attached hydrogens (tertiary/aromatic N) is 3. The van der Waals surface area contributed by atoms with Crippen LogP contribution in [-0.2, 0) is 6.54 Å². The number of thiazole rings is 1. The van der Waals surface area contributed by atoms with Gasteiger partial charge in [-0.1, -0.05) is 0 Å². The van der Waals surface area contributed by atoms with Crippen molar-refractivity contribution < 1.29 is 0 Å². The summed E-state index contributed by atoms with van der Waals surface area (Å²) in [4.78, 5) is 11.0. The molecule has 3 rings (SSSR count). The molecule has 0 bridgehead atoms. The molecule has 1 saturated heterocycles. The van der Waals surface area contributed by atoms with E-state index >= 15 is 0 Å². The Kier molecular flexibility index (Phi) is 4.29. The lowest BCUT2D eigenvalue weighted by molar-refractivity contribution is 0.248. The van der Waals surface area contributed by atoms with Crippen molar-refractivity contribution >= 4 is 16.5 Å². The van der Waals surface area contributed by atoms with Crippen molar-refractivity contribution in [1.29, 1.82) is 0 Å². The molecule has 1 N–H and O–H groups in total. The van der Waals surface area contributed by atoms with Gasteiger partial charge < -0.3 is 15.1 Å². The minimum Gasteiger partial charge on any atom is -0.347 e. The molecular weight excluding hydrogens is 268 g/mol. The molecule has 1 aromatic heterocycles. The smallest absolute Gasteiger partial charge is 0.185 e. The molecule has 2 fully saturated rings. The lowest BCUT2D eigenvalue weighted by Crippen LogP contribution is -2.45. The van der Waals surface area contributed by atoms with Crippen LogP contribution in [0.3, 0.4) is 0 Å². The summed E-state index contributed by atoms with van der Waals surface area (Å²) in [6, 6.07) is 1.38. The summed E-state index contributed by atoms with van der Waals surface area (Å²) >= 11 is 1.87. The highest BCUT2D eigenvalue weighted by Crippen LogP contribution is 2.29. The van der Waals surface area contributed by atoms with Crippen molar-refractivity contribution in [2.45, 2.75) is 51.2 Å². The highest BCUT2D eigenvalue weighted by Gasteiger charge is 2.25. The fourth-order valence-electron chi connectivity index (χ4n) is 2.86. The average molecular weight is 294 g/mol. The molecule has 20 heavy (non-hydrogen) atoms. The predicted molar refractivity (Wildman–Crippen MR) is 85.6 cm³/mol. The maximum Gasteiger partial charge on any atom is 0.185 e. The van der Waals surface area contributed by atoms with Crippen LogP contribution in [0.4, 0.5) is 5.13 Å². The van der Waals surface area contributed by atoms with E-state index in [1.165, 1.54) is 47.9 Å². The lowest BCUT2D eigenvalue weighted by Gasteiger charge is -2.35. The second kappa shape index (κ2) is 6.00. The number of hydrogen-bond acceptors (Lipinski definition) is 5. The first-order valence-corrected chi connectivity index (χ1v) is 8.56. The molecule has 1 saturated carbocycles. The van der Waals surface area contributed by atoms with E-state index in [4.69, 9.17) is 4.98 Å². The standard InChI is InChI=1S/C15H26N4S/c1-11-14(9-16-12-6-7-12)20-15(17-11)19(3)13-5-4-8-18(2)10-13/h12-13,16H,4-10H2,1-3H3. The Balaban J connectivity index is 1.64. The molecule has 0 amide bonds. The van der Waals surface area contributed by atoms with E-state index in [1.807, 2.05) is 11.3 Å². The van der Waals surface area contributed by atoms with Crippen LogP contribution in [-0.4, -0.2) is 49.2 Å². The van der Waals surface area contributed by atoms with E-state index in [2.05, 4.69) is 36.1 Å². The van der Waals surface area contributed by atoms with Crippen LogP contribution in [0, 0.1) is 6.92 Å². The third kappa shape index (κ3) is 3.32. The zero-order valence-corrected chi connectivity index (χ0v) is 13.7. The van der Waals surface area contributed by atoms with Gasteiger partial charge in [-0.05, 0) is 46.2 Å². The normalized spacial score (nSPS) is 24.1. The van der Waals surface area contributed by atoms with Gasteiger partial charge in [0.15, 0.2) is 5.13 Å². The molecule has 2 heterocycles. The van der Waals surface area contributed by atoms with Crippen LogP contribution in [0.5, 0.6) is 0 Å². The topological polar surface area (TPSA) is 31.4 Å². The number of aromatic nitrogens is 1. The van der Waals surface area contributed by atoms with Crippen LogP contribution in [0.1, 0.15) is 36.3 Å². The second-order valence-corrected chi connectivity index (χ2v) is 7.39. The Hall–Kier alpha value is -0.650. The van der Waals surface area contributed by atoms with Gasteiger partial charge in [0.1, 0.15) is 0 Å². The first-order valence-electron chi connectivity index (χ1n) is 7.74. The van der Waals surface area contributed by atoms with Gasteiger partial charge in [-0.2, -0.15) is 0 Å². The van der Waals surface area contributed by atoms with Crippen molar-refractivity contribution in [2.75, 3.05) is 32.1 Å². The summed E-state index contributed by atoms with van der Waals surface area (Å²) in [6.07, 6.45) is 5.28. The molecule has 0 spiro atoms. The second-order valence-electron chi connectivity index (χ2n) is 6.33. The number of rotatable bonds is 5. The first kappa shape index (κ1) is 14.3. The summed E-state index contributed by atoms with van der Waals surface area (Å²) in [5.41, 5.74) is 1.20. The van der Waals surface area contributed by atoms with E-state index in [9.17, 15) is 0 Å². The van der Waals surface area contributed by atoms with Crippen LogP contribution >= 0.6 is 11.3 Å². The van der Waals surface area contributed by atoms with Crippen molar-refractivity contribution in [1.82, 2.24) is 15.2 Å². The number of aryl methyl sites for hydroxylation is 1. The summed E-state index contributed by atoms with van der Waals surface area (Å²) < 4.78 is 0.